The van der Waals surface area contributed by atoms with E-state index in [0.717, 1.165) is 25.9 Å². The molecule has 0 aromatic carbocycles. The van der Waals surface area contributed by atoms with Crippen molar-refractivity contribution in [2.75, 3.05) is 13.1 Å². The van der Waals surface area contributed by atoms with E-state index in [2.05, 4.69) is 25.5 Å². The number of nitrogens with one attached hydrogen (secondary N) is 1. The summed E-state index contributed by atoms with van der Waals surface area (Å²) in [5.41, 5.74) is 1.09. The molecule has 0 amide bonds. The maximum Gasteiger partial charge on any atom is 0.267 e. The molecule has 1 aliphatic rings. The van der Waals surface area contributed by atoms with Crippen molar-refractivity contribution < 1.29 is 13.2 Å². The summed E-state index contributed by atoms with van der Waals surface area (Å²) in [5.74, 6) is 0.204. The molecule has 29 heavy (non-hydrogen) atoms. The second kappa shape index (κ2) is 6.80. The number of aryl methyl sites for hydroxylation is 1. The zero-order valence-corrected chi connectivity index (χ0v) is 15.6. The molecule has 0 bridgehead atoms. The van der Waals surface area contributed by atoms with Crippen LogP contribution in [0.1, 0.15) is 42.3 Å². The van der Waals surface area contributed by atoms with E-state index in [0.29, 0.717) is 17.1 Å². The first-order chi connectivity index (χ1) is 14.0. The molecule has 5 heterocycles. The Morgan fingerprint density at radius 2 is 1.79 bits per heavy atom. The molecule has 0 aliphatic carbocycles. The van der Waals surface area contributed by atoms with Gasteiger partial charge in [-0.2, -0.15) is 10.2 Å². The fourth-order valence-electron chi connectivity index (χ4n) is 3.77. The molecular formula is C19H18F3N7. The van der Waals surface area contributed by atoms with Gasteiger partial charge in [0.05, 0.1) is 23.1 Å². The molecule has 5 rings (SSSR count). The minimum atomic E-state index is -2.73. The third kappa shape index (κ3) is 3.13. The highest BCUT2D eigenvalue weighted by Gasteiger charge is 2.22. The number of imidazole rings is 1. The van der Waals surface area contributed by atoms with Crippen LogP contribution in [0.2, 0.25) is 0 Å². The van der Waals surface area contributed by atoms with Crippen LogP contribution in [0.25, 0.3) is 22.6 Å². The van der Waals surface area contributed by atoms with Crippen LogP contribution >= 0.6 is 0 Å². The Morgan fingerprint density at radius 1 is 1.03 bits per heavy atom. The van der Waals surface area contributed by atoms with E-state index < -0.39 is 12.2 Å². The van der Waals surface area contributed by atoms with Gasteiger partial charge in [0.2, 0.25) is 0 Å². The molecule has 7 nitrogen and oxygen atoms in total. The quantitative estimate of drug-likeness (QED) is 0.570. The number of hydrogen-bond donors (Lipinski definition) is 1. The van der Waals surface area contributed by atoms with Crippen molar-refractivity contribution in [1.82, 2.24) is 34.5 Å². The lowest BCUT2D eigenvalue weighted by Crippen LogP contribution is -2.27. The molecule has 1 N–H and O–H groups in total. The molecule has 0 unspecified atom stereocenters. The maximum absolute atomic E-state index is 14.8. The van der Waals surface area contributed by atoms with Crippen LogP contribution in [0.15, 0.2) is 24.5 Å². The molecule has 0 atom stereocenters. The van der Waals surface area contributed by atoms with Gasteiger partial charge >= 0.3 is 0 Å². The number of pyridine rings is 1. The molecule has 1 aliphatic heterocycles. The number of alkyl halides is 2. The van der Waals surface area contributed by atoms with Crippen LogP contribution in [0, 0.1) is 12.7 Å². The first kappa shape index (κ1) is 18.0. The maximum atomic E-state index is 14.8. The summed E-state index contributed by atoms with van der Waals surface area (Å²) < 4.78 is 44.5. The lowest BCUT2D eigenvalue weighted by atomic mass is 9.98. The van der Waals surface area contributed by atoms with Crippen LogP contribution in [-0.2, 0) is 0 Å². The second-order valence-electron chi connectivity index (χ2n) is 7.28. The summed E-state index contributed by atoms with van der Waals surface area (Å²) in [6, 6.07) is 2.50. The summed E-state index contributed by atoms with van der Waals surface area (Å²) >= 11 is 0. The van der Waals surface area contributed by atoms with E-state index in [1.54, 1.807) is 19.3 Å². The summed E-state index contributed by atoms with van der Waals surface area (Å²) in [4.78, 5) is 8.47. The average Bonchev–Trinajstić information content (AvgIpc) is 3.30. The van der Waals surface area contributed by atoms with Gasteiger partial charge in [-0.3, -0.25) is 0 Å². The largest absolute Gasteiger partial charge is 0.317 e. The molecule has 4 aromatic rings. The Bertz CT molecular complexity index is 1210. The Kier molecular flexibility index (Phi) is 4.23. The van der Waals surface area contributed by atoms with Gasteiger partial charge in [0.25, 0.3) is 6.43 Å². The predicted molar refractivity (Wildman–Crippen MR) is 99.5 cm³/mol. The first-order valence-corrected chi connectivity index (χ1v) is 9.41. The van der Waals surface area contributed by atoms with Crippen molar-refractivity contribution in [1.29, 1.82) is 0 Å². The zero-order chi connectivity index (χ0) is 20.1. The zero-order valence-electron chi connectivity index (χ0n) is 15.6. The van der Waals surface area contributed by atoms with Gasteiger partial charge in [-0.25, -0.2) is 32.2 Å². The molecule has 0 spiro atoms. The van der Waals surface area contributed by atoms with Crippen molar-refractivity contribution in [2.45, 2.75) is 32.1 Å². The highest BCUT2D eigenvalue weighted by atomic mass is 19.3. The molecule has 1 saturated heterocycles. The fraction of sp³-hybridized carbons (Fsp3) is 0.368. The van der Waals surface area contributed by atoms with E-state index >= 15 is 0 Å². The van der Waals surface area contributed by atoms with Crippen LogP contribution in [0.3, 0.4) is 0 Å². The SMILES string of the molecule is Cc1cn2nc(-c3cc(F)c4nc(C5CCNCC5)nn4c3)cc(C(F)F)c2n1. The van der Waals surface area contributed by atoms with Gasteiger partial charge < -0.3 is 5.32 Å². The number of hydrogen-bond acceptors (Lipinski definition) is 5. The molecule has 0 saturated carbocycles. The molecular weight excluding hydrogens is 383 g/mol. The molecule has 150 valence electrons. The third-order valence-corrected chi connectivity index (χ3v) is 5.21. The third-order valence-electron chi connectivity index (χ3n) is 5.21. The Labute approximate surface area is 163 Å². The Morgan fingerprint density at radius 3 is 2.55 bits per heavy atom. The lowest BCUT2D eigenvalue weighted by Gasteiger charge is -2.19. The number of halogens is 3. The van der Waals surface area contributed by atoms with Crippen LogP contribution < -0.4 is 5.32 Å². The monoisotopic (exact) mass is 401 g/mol. The molecule has 1 fully saturated rings. The second-order valence-corrected chi connectivity index (χ2v) is 7.28. The summed E-state index contributed by atoms with van der Waals surface area (Å²) in [6.07, 6.45) is 2.18. The van der Waals surface area contributed by atoms with E-state index in [1.165, 1.54) is 21.2 Å². The number of rotatable bonds is 3. The molecule has 10 heteroatoms. The van der Waals surface area contributed by atoms with Crippen molar-refractivity contribution in [2.24, 2.45) is 0 Å². The Hall–Kier alpha value is -3.01. The number of fused-ring (bicyclic) bond motifs is 2. The number of nitrogens with zero attached hydrogens (tertiary/aromatic N) is 6. The van der Waals surface area contributed by atoms with Gasteiger partial charge in [0, 0.05) is 17.7 Å². The minimum absolute atomic E-state index is 0.0942. The minimum Gasteiger partial charge on any atom is -0.317 e. The normalized spacial score (nSPS) is 15.8. The fourth-order valence-corrected chi connectivity index (χ4v) is 3.77. The van der Waals surface area contributed by atoms with Crippen molar-refractivity contribution in [3.8, 4) is 11.3 Å². The topological polar surface area (TPSA) is 72.4 Å². The van der Waals surface area contributed by atoms with Gasteiger partial charge in [0.15, 0.2) is 22.9 Å². The van der Waals surface area contributed by atoms with Crippen molar-refractivity contribution in [3.05, 3.63) is 47.4 Å². The molecule has 0 radical (unpaired) electrons. The molecule has 4 aromatic heterocycles. The van der Waals surface area contributed by atoms with E-state index in [9.17, 15) is 13.2 Å². The van der Waals surface area contributed by atoms with Gasteiger partial charge in [-0.1, -0.05) is 0 Å². The van der Waals surface area contributed by atoms with Crippen LogP contribution in [0.4, 0.5) is 13.2 Å². The van der Waals surface area contributed by atoms with Crippen molar-refractivity contribution >= 4 is 11.3 Å². The van der Waals surface area contributed by atoms with Crippen LogP contribution in [-0.4, -0.2) is 42.3 Å². The van der Waals surface area contributed by atoms with Gasteiger partial charge in [0.1, 0.15) is 0 Å². The summed E-state index contributed by atoms with van der Waals surface area (Å²) in [5, 5.41) is 12.1. The van der Waals surface area contributed by atoms with Gasteiger partial charge in [-0.15, -0.1) is 0 Å². The number of piperidine rings is 1. The average molecular weight is 401 g/mol. The smallest absolute Gasteiger partial charge is 0.267 e. The summed E-state index contributed by atoms with van der Waals surface area (Å²) in [6.45, 7) is 3.45. The van der Waals surface area contributed by atoms with Gasteiger partial charge in [-0.05, 0) is 45.0 Å². The lowest BCUT2D eigenvalue weighted by molar-refractivity contribution is 0.152. The number of aromatic nitrogens is 6. The Balaban J connectivity index is 1.63. The summed E-state index contributed by atoms with van der Waals surface area (Å²) in [7, 11) is 0. The highest BCUT2D eigenvalue weighted by Crippen LogP contribution is 2.29. The van der Waals surface area contributed by atoms with Crippen molar-refractivity contribution in [3.63, 3.8) is 0 Å². The standard InChI is InChI=1S/C19H18F3N7/c1-10-8-28-18(24-10)13(16(21)22)7-15(26-28)12-6-14(20)19-25-17(27-29(19)9-12)11-2-4-23-5-3-11/h6-9,11,16,23H,2-5H2,1H3. The van der Waals surface area contributed by atoms with E-state index in [-0.39, 0.29) is 28.5 Å². The van der Waals surface area contributed by atoms with E-state index in [1.807, 2.05) is 0 Å². The van der Waals surface area contributed by atoms with E-state index in [4.69, 9.17) is 0 Å². The highest BCUT2D eigenvalue weighted by molar-refractivity contribution is 5.64. The van der Waals surface area contributed by atoms with Crippen LogP contribution in [0.5, 0.6) is 0 Å². The predicted octanol–water partition coefficient (Wildman–Crippen LogP) is 3.29. The first-order valence-electron chi connectivity index (χ1n) is 9.41.